The van der Waals surface area contributed by atoms with Crippen LogP contribution < -0.4 is 10.6 Å². The first-order chi connectivity index (χ1) is 10.4. The zero-order valence-electron chi connectivity index (χ0n) is 12.3. The predicted molar refractivity (Wildman–Crippen MR) is 88.7 cm³/mol. The van der Waals surface area contributed by atoms with E-state index in [9.17, 15) is 0 Å². The maximum atomic E-state index is 4.65. The minimum absolute atomic E-state index is 0.532. The molecule has 2 aromatic rings. The van der Waals surface area contributed by atoms with Crippen molar-refractivity contribution >= 4 is 22.7 Å². The Labute approximate surface area is 125 Å². The molecular weight excluding hydrogens is 260 g/mol. The van der Waals surface area contributed by atoms with Crippen LogP contribution in [0.25, 0.3) is 10.9 Å². The summed E-state index contributed by atoms with van der Waals surface area (Å²) in [5, 5.41) is 7.90. The number of rotatable bonds is 5. The Bertz CT molecular complexity index is 617. The second kappa shape index (κ2) is 6.57. The van der Waals surface area contributed by atoms with Gasteiger partial charge in [-0.25, -0.2) is 4.98 Å². The molecule has 0 saturated heterocycles. The van der Waals surface area contributed by atoms with E-state index in [1.54, 1.807) is 0 Å². The van der Waals surface area contributed by atoms with E-state index < -0.39 is 0 Å². The minimum atomic E-state index is 0.532. The van der Waals surface area contributed by atoms with Crippen LogP contribution in [0.5, 0.6) is 0 Å². The summed E-state index contributed by atoms with van der Waals surface area (Å²) in [7, 11) is 0. The summed E-state index contributed by atoms with van der Waals surface area (Å²) in [6.45, 7) is 4.39. The quantitative estimate of drug-likeness (QED) is 0.815. The lowest BCUT2D eigenvalue weighted by atomic mass is 9.95. The molecule has 3 rings (SSSR count). The standard InChI is InChI=1S/C17H22N4/c1-2-12-18-17-20-15-11-7-6-10-14(15)16(21-17)19-13-8-4-3-5-9-13/h2,6-7,10-11,13H,1,3-5,8-9,12H2,(H2,18,19,20,21). The molecule has 1 aromatic heterocycles. The molecule has 1 aliphatic carbocycles. The Morgan fingerprint density at radius 3 is 2.76 bits per heavy atom. The van der Waals surface area contributed by atoms with Gasteiger partial charge in [-0.05, 0) is 25.0 Å². The SMILES string of the molecule is C=CCNc1nc(NC2CCCCC2)c2ccccc2n1. The van der Waals surface area contributed by atoms with Crippen LogP contribution in [-0.4, -0.2) is 22.6 Å². The third kappa shape index (κ3) is 3.32. The lowest BCUT2D eigenvalue weighted by Crippen LogP contribution is -2.23. The predicted octanol–water partition coefficient (Wildman–Crippen LogP) is 3.97. The molecule has 1 aliphatic rings. The van der Waals surface area contributed by atoms with E-state index in [1.165, 1.54) is 32.1 Å². The zero-order valence-corrected chi connectivity index (χ0v) is 12.3. The molecule has 1 fully saturated rings. The topological polar surface area (TPSA) is 49.8 Å². The molecule has 0 radical (unpaired) electrons. The summed E-state index contributed by atoms with van der Waals surface area (Å²) in [6, 6.07) is 8.69. The van der Waals surface area contributed by atoms with Gasteiger partial charge in [-0.3, -0.25) is 0 Å². The number of hydrogen-bond donors (Lipinski definition) is 2. The third-order valence-corrected chi connectivity index (χ3v) is 3.95. The molecule has 0 amide bonds. The summed E-state index contributed by atoms with van der Waals surface area (Å²) >= 11 is 0. The van der Waals surface area contributed by atoms with Crippen molar-refractivity contribution < 1.29 is 0 Å². The van der Waals surface area contributed by atoms with E-state index in [4.69, 9.17) is 0 Å². The minimum Gasteiger partial charge on any atom is -0.367 e. The number of anilines is 2. The van der Waals surface area contributed by atoms with Gasteiger partial charge in [0.2, 0.25) is 5.95 Å². The zero-order chi connectivity index (χ0) is 14.5. The van der Waals surface area contributed by atoms with Crippen molar-refractivity contribution in [2.75, 3.05) is 17.2 Å². The Balaban J connectivity index is 1.91. The summed E-state index contributed by atoms with van der Waals surface area (Å²) in [6.07, 6.45) is 8.24. The van der Waals surface area contributed by atoms with E-state index in [0.717, 1.165) is 16.7 Å². The van der Waals surface area contributed by atoms with Crippen LogP contribution in [0.4, 0.5) is 11.8 Å². The fraction of sp³-hybridized carbons (Fsp3) is 0.412. The van der Waals surface area contributed by atoms with Crippen molar-refractivity contribution in [1.29, 1.82) is 0 Å². The number of nitrogens with zero attached hydrogens (tertiary/aromatic N) is 2. The molecule has 110 valence electrons. The van der Waals surface area contributed by atoms with Crippen LogP contribution >= 0.6 is 0 Å². The normalized spacial score (nSPS) is 15.8. The number of nitrogens with one attached hydrogen (secondary N) is 2. The number of benzene rings is 1. The molecule has 1 heterocycles. The van der Waals surface area contributed by atoms with E-state index in [1.807, 2.05) is 24.3 Å². The molecule has 2 N–H and O–H groups in total. The largest absolute Gasteiger partial charge is 0.367 e. The van der Waals surface area contributed by atoms with Gasteiger partial charge in [0.05, 0.1) is 5.52 Å². The maximum Gasteiger partial charge on any atom is 0.225 e. The fourth-order valence-electron chi connectivity index (χ4n) is 2.87. The number of para-hydroxylation sites is 1. The number of fused-ring (bicyclic) bond motifs is 1. The van der Waals surface area contributed by atoms with Crippen molar-refractivity contribution in [3.63, 3.8) is 0 Å². The molecule has 0 bridgehead atoms. The van der Waals surface area contributed by atoms with Crippen LogP contribution in [0.2, 0.25) is 0 Å². The van der Waals surface area contributed by atoms with Gasteiger partial charge < -0.3 is 10.6 Å². The van der Waals surface area contributed by atoms with Crippen molar-refractivity contribution in [1.82, 2.24) is 9.97 Å². The smallest absolute Gasteiger partial charge is 0.225 e. The van der Waals surface area contributed by atoms with Crippen LogP contribution in [-0.2, 0) is 0 Å². The van der Waals surface area contributed by atoms with Gasteiger partial charge in [0.1, 0.15) is 5.82 Å². The highest BCUT2D eigenvalue weighted by Gasteiger charge is 2.15. The fourth-order valence-corrected chi connectivity index (χ4v) is 2.87. The highest BCUT2D eigenvalue weighted by atomic mass is 15.1. The molecule has 1 saturated carbocycles. The van der Waals surface area contributed by atoms with E-state index in [0.29, 0.717) is 18.5 Å². The molecule has 0 aliphatic heterocycles. The molecule has 21 heavy (non-hydrogen) atoms. The maximum absolute atomic E-state index is 4.65. The lowest BCUT2D eigenvalue weighted by Gasteiger charge is -2.24. The molecule has 0 atom stereocenters. The summed E-state index contributed by atoms with van der Waals surface area (Å²) < 4.78 is 0. The highest BCUT2D eigenvalue weighted by Crippen LogP contribution is 2.26. The van der Waals surface area contributed by atoms with Gasteiger partial charge in [-0.2, -0.15) is 4.98 Å². The van der Waals surface area contributed by atoms with Gasteiger partial charge in [0.25, 0.3) is 0 Å². The number of hydrogen-bond acceptors (Lipinski definition) is 4. The summed E-state index contributed by atoms with van der Waals surface area (Å²) in [5.41, 5.74) is 0.970. The molecular formula is C17H22N4. The van der Waals surface area contributed by atoms with Gasteiger partial charge in [0, 0.05) is 18.0 Å². The highest BCUT2D eigenvalue weighted by molar-refractivity contribution is 5.90. The van der Waals surface area contributed by atoms with Crippen LogP contribution in [0.3, 0.4) is 0 Å². The first kappa shape index (κ1) is 13.9. The molecule has 1 aromatic carbocycles. The van der Waals surface area contributed by atoms with Gasteiger partial charge in [-0.15, -0.1) is 6.58 Å². The Morgan fingerprint density at radius 1 is 1.14 bits per heavy atom. The first-order valence-electron chi connectivity index (χ1n) is 7.75. The number of aromatic nitrogens is 2. The van der Waals surface area contributed by atoms with E-state index >= 15 is 0 Å². The molecule has 4 nitrogen and oxygen atoms in total. The summed E-state index contributed by atoms with van der Waals surface area (Å²) in [4.78, 5) is 9.21. The average Bonchev–Trinajstić information content (AvgIpc) is 2.54. The van der Waals surface area contributed by atoms with E-state index in [-0.39, 0.29) is 0 Å². The van der Waals surface area contributed by atoms with Crippen LogP contribution in [0, 0.1) is 0 Å². The molecule has 0 unspecified atom stereocenters. The van der Waals surface area contributed by atoms with Gasteiger partial charge in [0.15, 0.2) is 0 Å². The Hall–Kier alpha value is -2.10. The lowest BCUT2D eigenvalue weighted by molar-refractivity contribution is 0.462. The van der Waals surface area contributed by atoms with Crippen molar-refractivity contribution in [2.45, 2.75) is 38.1 Å². The Morgan fingerprint density at radius 2 is 1.95 bits per heavy atom. The second-order valence-electron chi connectivity index (χ2n) is 5.56. The van der Waals surface area contributed by atoms with Gasteiger partial charge >= 0.3 is 0 Å². The van der Waals surface area contributed by atoms with E-state index in [2.05, 4.69) is 33.2 Å². The Kier molecular flexibility index (Phi) is 4.34. The third-order valence-electron chi connectivity index (χ3n) is 3.95. The molecule has 0 spiro atoms. The first-order valence-corrected chi connectivity index (χ1v) is 7.75. The van der Waals surface area contributed by atoms with Gasteiger partial charge in [-0.1, -0.05) is 37.5 Å². The molecule has 4 heteroatoms. The van der Waals surface area contributed by atoms with Crippen molar-refractivity contribution in [3.05, 3.63) is 36.9 Å². The summed E-state index contributed by atoms with van der Waals surface area (Å²) in [5.74, 6) is 1.60. The van der Waals surface area contributed by atoms with Crippen LogP contribution in [0.1, 0.15) is 32.1 Å². The average molecular weight is 282 g/mol. The monoisotopic (exact) mass is 282 g/mol. The van der Waals surface area contributed by atoms with Crippen molar-refractivity contribution in [3.8, 4) is 0 Å². The van der Waals surface area contributed by atoms with Crippen LogP contribution in [0.15, 0.2) is 36.9 Å². The van der Waals surface area contributed by atoms with Crippen molar-refractivity contribution in [2.24, 2.45) is 0 Å². The second-order valence-corrected chi connectivity index (χ2v) is 5.56.